The Kier molecular flexibility index (Phi) is 5.36. The predicted molar refractivity (Wildman–Crippen MR) is 61.4 cm³/mol. The summed E-state index contributed by atoms with van der Waals surface area (Å²) in [6.45, 7) is 3.62. The molecule has 0 saturated heterocycles. The first-order valence-electron chi connectivity index (χ1n) is 5.35. The maximum Gasteiger partial charge on any atom is 0.347 e. The van der Waals surface area contributed by atoms with E-state index in [0.29, 0.717) is 5.95 Å². The van der Waals surface area contributed by atoms with Crippen LogP contribution in [0, 0.1) is 0 Å². The van der Waals surface area contributed by atoms with Crippen molar-refractivity contribution in [2.75, 3.05) is 18.5 Å². The zero-order valence-electron chi connectivity index (χ0n) is 10.1. The van der Waals surface area contributed by atoms with Gasteiger partial charge in [0.05, 0.1) is 13.2 Å². The number of nitrogens with one attached hydrogen (secondary N) is 2. The van der Waals surface area contributed by atoms with Crippen molar-refractivity contribution in [3.05, 3.63) is 18.1 Å². The highest BCUT2D eigenvalue weighted by atomic mass is 16.6. The second-order valence-electron chi connectivity index (χ2n) is 2.98. The third-order valence-corrected chi connectivity index (χ3v) is 1.76. The number of aromatic amines is 1. The molecule has 0 saturated carbocycles. The SMILES string of the molecule is CCOC(=O)C(=CNc1ncn[nH]1)C(=O)OCC. The minimum Gasteiger partial charge on any atom is -0.462 e. The molecule has 0 spiro atoms. The van der Waals surface area contributed by atoms with Gasteiger partial charge in [-0.2, -0.15) is 10.1 Å². The van der Waals surface area contributed by atoms with Crippen molar-refractivity contribution in [2.45, 2.75) is 13.8 Å². The second-order valence-corrected chi connectivity index (χ2v) is 2.98. The van der Waals surface area contributed by atoms with Crippen LogP contribution in [0.3, 0.4) is 0 Å². The molecule has 8 nitrogen and oxygen atoms in total. The molecular formula is C10H14N4O4. The monoisotopic (exact) mass is 254 g/mol. The Bertz CT molecular complexity index is 407. The van der Waals surface area contributed by atoms with Crippen LogP contribution < -0.4 is 5.32 Å². The molecule has 8 heteroatoms. The molecule has 0 amide bonds. The standard InChI is InChI=1S/C10H14N4O4/c1-3-17-8(15)7(9(16)18-4-2)5-11-10-12-6-13-14-10/h5-6H,3-4H2,1-2H3,(H2,11,12,13,14). The van der Waals surface area contributed by atoms with Crippen LogP contribution in [0.2, 0.25) is 0 Å². The van der Waals surface area contributed by atoms with Gasteiger partial charge in [-0.25, -0.2) is 14.7 Å². The summed E-state index contributed by atoms with van der Waals surface area (Å²) in [5, 5.41) is 8.73. The molecule has 2 N–H and O–H groups in total. The first-order valence-corrected chi connectivity index (χ1v) is 5.35. The molecule has 0 aliphatic heterocycles. The zero-order chi connectivity index (χ0) is 13.4. The molecule has 0 fully saturated rings. The number of H-pyrrole nitrogens is 1. The lowest BCUT2D eigenvalue weighted by Crippen LogP contribution is -2.19. The summed E-state index contributed by atoms with van der Waals surface area (Å²) in [5.41, 5.74) is -0.241. The molecule has 0 bridgehead atoms. The maximum atomic E-state index is 11.5. The average molecular weight is 254 g/mol. The molecule has 98 valence electrons. The Morgan fingerprint density at radius 3 is 2.39 bits per heavy atom. The van der Waals surface area contributed by atoms with E-state index in [1.807, 2.05) is 0 Å². The highest BCUT2D eigenvalue weighted by Gasteiger charge is 2.20. The normalized spacial score (nSPS) is 9.44. The topological polar surface area (TPSA) is 106 Å². The minimum atomic E-state index is -0.761. The van der Waals surface area contributed by atoms with Gasteiger partial charge in [-0.05, 0) is 13.8 Å². The minimum absolute atomic E-state index is 0.165. The van der Waals surface area contributed by atoms with Crippen LogP contribution in [0.1, 0.15) is 13.8 Å². The summed E-state index contributed by atoms with van der Waals surface area (Å²) >= 11 is 0. The average Bonchev–Trinajstić information content (AvgIpc) is 2.83. The molecule has 1 aromatic rings. The highest BCUT2D eigenvalue weighted by molar-refractivity contribution is 6.14. The van der Waals surface area contributed by atoms with Gasteiger partial charge < -0.3 is 14.8 Å². The van der Waals surface area contributed by atoms with Crippen molar-refractivity contribution in [2.24, 2.45) is 0 Å². The summed E-state index contributed by atoms with van der Waals surface area (Å²) in [6.07, 6.45) is 2.45. The molecule has 1 aromatic heterocycles. The van der Waals surface area contributed by atoms with Crippen molar-refractivity contribution in [1.29, 1.82) is 0 Å². The summed E-state index contributed by atoms with van der Waals surface area (Å²) in [4.78, 5) is 26.9. The van der Waals surface area contributed by atoms with Crippen LogP contribution in [-0.4, -0.2) is 40.3 Å². The van der Waals surface area contributed by atoms with Gasteiger partial charge in [0.25, 0.3) is 0 Å². The Labute approximate surface area is 103 Å². The van der Waals surface area contributed by atoms with E-state index in [0.717, 1.165) is 6.20 Å². The highest BCUT2D eigenvalue weighted by Crippen LogP contribution is 2.03. The van der Waals surface area contributed by atoms with Gasteiger partial charge in [-0.15, -0.1) is 0 Å². The molecule has 0 unspecified atom stereocenters. The number of carbonyl (C=O) groups excluding carboxylic acids is 2. The third-order valence-electron chi connectivity index (χ3n) is 1.76. The fraction of sp³-hybridized carbons (Fsp3) is 0.400. The molecule has 0 atom stereocenters. The quantitative estimate of drug-likeness (QED) is 0.324. The smallest absolute Gasteiger partial charge is 0.347 e. The predicted octanol–water partition coefficient (Wildman–Crippen LogP) is 0.227. The number of aromatic nitrogens is 3. The van der Waals surface area contributed by atoms with Gasteiger partial charge in [-0.1, -0.05) is 0 Å². The van der Waals surface area contributed by atoms with Gasteiger partial charge in [0.2, 0.25) is 5.95 Å². The van der Waals surface area contributed by atoms with E-state index < -0.39 is 11.9 Å². The number of ether oxygens (including phenoxy) is 2. The van der Waals surface area contributed by atoms with Crippen LogP contribution in [0.5, 0.6) is 0 Å². The van der Waals surface area contributed by atoms with Crippen LogP contribution in [-0.2, 0) is 19.1 Å². The first kappa shape index (κ1) is 13.7. The van der Waals surface area contributed by atoms with Crippen LogP contribution in [0.4, 0.5) is 5.95 Å². The van der Waals surface area contributed by atoms with E-state index in [1.54, 1.807) is 13.8 Å². The Morgan fingerprint density at radius 2 is 1.94 bits per heavy atom. The van der Waals surface area contributed by atoms with Gasteiger partial charge in [0.15, 0.2) is 5.57 Å². The van der Waals surface area contributed by atoms with Crippen molar-refractivity contribution < 1.29 is 19.1 Å². The number of carbonyl (C=O) groups is 2. The van der Waals surface area contributed by atoms with Crippen LogP contribution >= 0.6 is 0 Å². The fourth-order valence-corrected chi connectivity index (χ4v) is 1.03. The molecule has 1 heterocycles. The number of hydrogen-bond acceptors (Lipinski definition) is 7. The third kappa shape index (κ3) is 3.89. The molecular weight excluding hydrogens is 240 g/mol. The lowest BCUT2D eigenvalue weighted by atomic mass is 10.3. The molecule has 0 aromatic carbocycles. The van der Waals surface area contributed by atoms with Gasteiger partial charge in [0.1, 0.15) is 6.33 Å². The molecule has 18 heavy (non-hydrogen) atoms. The van der Waals surface area contributed by atoms with E-state index in [-0.39, 0.29) is 18.8 Å². The first-order chi connectivity index (χ1) is 8.69. The fourth-order valence-electron chi connectivity index (χ4n) is 1.03. The van der Waals surface area contributed by atoms with Crippen molar-refractivity contribution in [3.8, 4) is 0 Å². The number of anilines is 1. The molecule has 0 aliphatic carbocycles. The van der Waals surface area contributed by atoms with Gasteiger partial charge in [0, 0.05) is 6.20 Å². The van der Waals surface area contributed by atoms with Crippen molar-refractivity contribution in [3.63, 3.8) is 0 Å². The number of nitrogens with zero attached hydrogens (tertiary/aromatic N) is 2. The Balaban J connectivity index is 2.78. The van der Waals surface area contributed by atoms with E-state index in [9.17, 15) is 9.59 Å². The second kappa shape index (κ2) is 7.05. The molecule has 0 aliphatic rings. The van der Waals surface area contributed by atoms with E-state index in [2.05, 4.69) is 20.5 Å². The summed E-state index contributed by atoms with van der Waals surface area (Å²) in [7, 11) is 0. The number of esters is 2. The summed E-state index contributed by atoms with van der Waals surface area (Å²) < 4.78 is 9.49. The van der Waals surface area contributed by atoms with Gasteiger partial charge >= 0.3 is 11.9 Å². The largest absolute Gasteiger partial charge is 0.462 e. The van der Waals surface area contributed by atoms with Gasteiger partial charge in [-0.3, -0.25) is 0 Å². The lowest BCUT2D eigenvalue weighted by Gasteiger charge is -2.06. The van der Waals surface area contributed by atoms with E-state index in [4.69, 9.17) is 9.47 Å². The maximum absolute atomic E-state index is 11.5. The number of hydrogen-bond donors (Lipinski definition) is 2. The number of rotatable bonds is 6. The lowest BCUT2D eigenvalue weighted by molar-refractivity contribution is -0.146. The summed E-state index contributed by atoms with van der Waals surface area (Å²) in [6, 6.07) is 0. The zero-order valence-corrected chi connectivity index (χ0v) is 10.1. The van der Waals surface area contributed by atoms with E-state index >= 15 is 0 Å². The molecule has 1 rings (SSSR count). The van der Waals surface area contributed by atoms with Crippen LogP contribution in [0.15, 0.2) is 18.1 Å². The van der Waals surface area contributed by atoms with E-state index in [1.165, 1.54) is 6.33 Å². The van der Waals surface area contributed by atoms with Crippen molar-refractivity contribution in [1.82, 2.24) is 15.2 Å². The Hall–Kier alpha value is -2.38. The van der Waals surface area contributed by atoms with Crippen molar-refractivity contribution >= 4 is 17.9 Å². The molecule has 0 radical (unpaired) electrons. The Morgan fingerprint density at radius 1 is 1.33 bits per heavy atom. The van der Waals surface area contributed by atoms with Crippen LogP contribution in [0.25, 0.3) is 0 Å². The summed E-state index contributed by atoms with van der Waals surface area (Å²) in [5.74, 6) is -1.23.